The van der Waals surface area contributed by atoms with Crippen LogP contribution in [0.5, 0.6) is 0 Å². The third-order valence-corrected chi connectivity index (χ3v) is 7.17. The summed E-state index contributed by atoms with van der Waals surface area (Å²) in [7, 11) is 4.20. The Labute approximate surface area is 208 Å². The number of nitrogens with zero attached hydrogens (tertiary/aromatic N) is 6. The highest BCUT2D eigenvalue weighted by molar-refractivity contribution is 6.13. The first-order valence-electron chi connectivity index (χ1n) is 12.1. The minimum absolute atomic E-state index is 0.0812. The Morgan fingerprint density at radius 3 is 2.47 bits per heavy atom. The number of carbonyl (C=O) groups excluding carboxylic acids is 2. The van der Waals surface area contributed by atoms with Crippen LogP contribution in [0.2, 0.25) is 0 Å². The van der Waals surface area contributed by atoms with Crippen molar-refractivity contribution < 1.29 is 9.59 Å². The fraction of sp³-hybridized carbons (Fsp3) is 0.250. The van der Waals surface area contributed by atoms with Gasteiger partial charge in [0.2, 0.25) is 0 Å². The summed E-state index contributed by atoms with van der Waals surface area (Å²) < 4.78 is 1.80. The van der Waals surface area contributed by atoms with E-state index in [1.807, 2.05) is 53.4 Å². The Hall–Kier alpha value is -4.17. The minimum Gasteiger partial charge on any atom is -0.339 e. The number of likely N-dealkylation sites (tertiary alicyclic amines) is 1. The van der Waals surface area contributed by atoms with Crippen molar-refractivity contribution in [1.29, 1.82) is 0 Å². The average Bonchev–Trinajstić information content (AvgIpc) is 3.51. The van der Waals surface area contributed by atoms with Gasteiger partial charge in [-0.05, 0) is 63.3 Å². The summed E-state index contributed by atoms with van der Waals surface area (Å²) in [6.07, 6.45) is 5.38. The smallest absolute Gasteiger partial charge is 0.277 e. The van der Waals surface area contributed by atoms with Crippen molar-refractivity contribution in [2.75, 3.05) is 27.2 Å². The summed E-state index contributed by atoms with van der Waals surface area (Å²) in [4.78, 5) is 37.4. The molecule has 0 N–H and O–H groups in total. The third-order valence-electron chi connectivity index (χ3n) is 7.17. The van der Waals surface area contributed by atoms with Crippen molar-refractivity contribution in [3.63, 3.8) is 0 Å². The molecule has 0 spiro atoms. The van der Waals surface area contributed by atoms with Gasteiger partial charge in [0.05, 0.1) is 23.1 Å². The maximum atomic E-state index is 13.0. The molecule has 8 heteroatoms. The number of fused-ring (bicyclic) bond motifs is 2. The number of carbonyl (C=O) groups is 2. The molecule has 4 heterocycles. The van der Waals surface area contributed by atoms with Gasteiger partial charge in [0.1, 0.15) is 0 Å². The number of benzene rings is 2. The molecule has 2 aliphatic heterocycles. The highest BCUT2D eigenvalue weighted by Gasteiger charge is 2.24. The van der Waals surface area contributed by atoms with E-state index in [4.69, 9.17) is 5.10 Å². The SMILES string of the molecule is CN(C)C1CCN(C(=O)c2ccc(-c3ccc4ncc(-c5ccc6c(c5)C=NC6=O)n4n3)cc2)CC1. The number of rotatable bonds is 4. The van der Waals surface area contributed by atoms with Crippen LogP contribution >= 0.6 is 0 Å². The molecule has 36 heavy (non-hydrogen) atoms. The van der Waals surface area contributed by atoms with Crippen LogP contribution in [0.15, 0.2) is 65.8 Å². The molecule has 0 aliphatic carbocycles. The predicted molar refractivity (Wildman–Crippen MR) is 138 cm³/mol. The van der Waals surface area contributed by atoms with Gasteiger partial charge < -0.3 is 9.80 Å². The van der Waals surface area contributed by atoms with E-state index in [0.29, 0.717) is 17.2 Å². The Bertz CT molecular complexity index is 1510. The fourth-order valence-corrected chi connectivity index (χ4v) is 5.00. The van der Waals surface area contributed by atoms with Gasteiger partial charge >= 0.3 is 0 Å². The Balaban J connectivity index is 1.25. The second-order valence-corrected chi connectivity index (χ2v) is 9.56. The van der Waals surface area contributed by atoms with E-state index < -0.39 is 0 Å². The number of aliphatic imine (C=N–C) groups is 1. The summed E-state index contributed by atoms with van der Waals surface area (Å²) in [6.45, 7) is 1.57. The maximum Gasteiger partial charge on any atom is 0.277 e. The quantitative estimate of drug-likeness (QED) is 0.446. The normalized spacial score (nSPS) is 15.8. The van der Waals surface area contributed by atoms with Gasteiger partial charge in [0, 0.05) is 47.6 Å². The molecule has 2 aromatic heterocycles. The van der Waals surface area contributed by atoms with Crippen LogP contribution < -0.4 is 0 Å². The Morgan fingerprint density at radius 2 is 1.72 bits per heavy atom. The molecule has 0 bridgehead atoms. The lowest BCUT2D eigenvalue weighted by Gasteiger charge is -2.35. The van der Waals surface area contributed by atoms with Crippen LogP contribution in [0.1, 0.15) is 39.1 Å². The molecule has 1 saturated heterocycles. The van der Waals surface area contributed by atoms with E-state index in [1.165, 1.54) is 0 Å². The van der Waals surface area contributed by atoms with Gasteiger partial charge in [-0.1, -0.05) is 18.2 Å². The van der Waals surface area contributed by atoms with Crippen molar-refractivity contribution in [3.05, 3.63) is 77.5 Å². The largest absolute Gasteiger partial charge is 0.339 e. The van der Waals surface area contributed by atoms with Crippen LogP contribution in [0.4, 0.5) is 0 Å². The van der Waals surface area contributed by atoms with Crippen LogP contribution in [-0.4, -0.2) is 75.7 Å². The molecular weight excluding hydrogens is 452 g/mol. The standard InChI is InChI=1S/C28H26N6O2/c1-32(2)22-11-13-33(14-12-22)28(36)19-5-3-18(4-6-19)24-9-10-26-29-17-25(34(26)31-24)20-7-8-23-21(15-20)16-30-27(23)35/h3-10,15-17,22H,11-14H2,1-2H3. The molecule has 8 nitrogen and oxygen atoms in total. The Kier molecular flexibility index (Phi) is 5.45. The lowest BCUT2D eigenvalue weighted by Crippen LogP contribution is -2.44. The number of aromatic nitrogens is 3. The van der Waals surface area contributed by atoms with E-state index in [9.17, 15) is 9.59 Å². The van der Waals surface area contributed by atoms with Crippen molar-refractivity contribution in [3.8, 4) is 22.5 Å². The second-order valence-electron chi connectivity index (χ2n) is 9.56. The Morgan fingerprint density at radius 1 is 0.972 bits per heavy atom. The average molecular weight is 479 g/mol. The molecule has 6 rings (SSSR count). The van der Waals surface area contributed by atoms with E-state index in [2.05, 4.69) is 29.0 Å². The molecule has 0 radical (unpaired) electrons. The fourth-order valence-electron chi connectivity index (χ4n) is 5.00. The van der Waals surface area contributed by atoms with Crippen LogP contribution in [0, 0.1) is 0 Å². The summed E-state index contributed by atoms with van der Waals surface area (Å²) in [5.41, 5.74) is 6.28. The predicted octanol–water partition coefficient (Wildman–Crippen LogP) is 3.80. The third kappa shape index (κ3) is 3.89. The lowest BCUT2D eigenvalue weighted by molar-refractivity contribution is 0.0663. The van der Waals surface area contributed by atoms with Gasteiger partial charge in [-0.15, -0.1) is 0 Å². The summed E-state index contributed by atoms with van der Waals surface area (Å²) >= 11 is 0. The highest BCUT2D eigenvalue weighted by atomic mass is 16.2. The zero-order chi connectivity index (χ0) is 24.8. The van der Waals surface area contributed by atoms with Crippen molar-refractivity contribution in [2.45, 2.75) is 18.9 Å². The van der Waals surface area contributed by atoms with E-state index in [1.54, 1.807) is 23.0 Å². The molecule has 2 aromatic carbocycles. The molecule has 0 atom stereocenters. The second kappa shape index (κ2) is 8.80. The molecule has 2 amide bonds. The van der Waals surface area contributed by atoms with Gasteiger partial charge in [-0.2, -0.15) is 5.10 Å². The van der Waals surface area contributed by atoms with E-state index >= 15 is 0 Å². The summed E-state index contributed by atoms with van der Waals surface area (Å²) in [6, 6.07) is 17.7. The zero-order valence-electron chi connectivity index (χ0n) is 20.3. The molecule has 0 saturated carbocycles. The first kappa shape index (κ1) is 22.3. The monoisotopic (exact) mass is 478 g/mol. The molecule has 180 valence electrons. The zero-order valence-corrected chi connectivity index (χ0v) is 20.3. The summed E-state index contributed by atoms with van der Waals surface area (Å²) in [5, 5.41) is 4.83. The highest BCUT2D eigenvalue weighted by Crippen LogP contribution is 2.27. The van der Waals surface area contributed by atoms with Crippen LogP contribution in [0.25, 0.3) is 28.2 Å². The number of imidazole rings is 1. The van der Waals surface area contributed by atoms with Gasteiger partial charge in [0.15, 0.2) is 5.65 Å². The lowest BCUT2D eigenvalue weighted by atomic mass is 10.0. The minimum atomic E-state index is -0.213. The molecule has 1 fully saturated rings. The maximum absolute atomic E-state index is 13.0. The number of piperidine rings is 1. The van der Waals surface area contributed by atoms with Crippen LogP contribution in [0.3, 0.4) is 0 Å². The summed E-state index contributed by atoms with van der Waals surface area (Å²) in [5.74, 6) is -0.132. The molecule has 4 aromatic rings. The van der Waals surface area contributed by atoms with Gasteiger partial charge in [-0.3, -0.25) is 9.59 Å². The van der Waals surface area contributed by atoms with Crippen molar-refractivity contribution in [1.82, 2.24) is 24.4 Å². The van der Waals surface area contributed by atoms with Gasteiger partial charge in [0.25, 0.3) is 11.8 Å². The van der Waals surface area contributed by atoms with Crippen molar-refractivity contribution in [2.24, 2.45) is 4.99 Å². The number of hydrogen-bond acceptors (Lipinski definition) is 5. The van der Waals surface area contributed by atoms with Gasteiger partial charge in [-0.25, -0.2) is 14.5 Å². The van der Waals surface area contributed by atoms with E-state index in [0.717, 1.165) is 59.7 Å². The first-order valence-corrected chi connectivity index (χ1v) is 12.1. The molecule has 2 aliphatic rings. The van der Waals surface area contributed by atoms with Crippen LogP contribution in [-0.2, 0) is 0 Å². The molecular formula is C28H26N6O2. The van der Waals surface area contributed by atoms with Crippen molar-refractivity contribution >= 4 is 23.7 Å². The number of amides is 2. The van der Waals surface area contributed by atoms with E-state index in [-0.39, 0.29) is 11.8 Å². The number of hydrogen-bond donors (Lipinski definition) is 0. The first-order chi connectivity index (χ1) is 17.5. The topological polar surface area (TPSA) is 83.2 Å². The molecule has 0 unspecified atom stereocenters.